The lowest BCUT2D eigenvalue weighted by molar-refractivity contribution is -0.146. The average Bonchev–Trinajstić information content (AvgIpc) is 3.14. The summed E-state index contributed by atoms with van der Waals surface area (Å²) in [7, 11) is 1.47. The topological polar surface area (TPSA) is 55.3 Å². The highest BCUT2D eigenvalue weighted by Crippen LogP contribution is 2.40. The first kappa shape index (κ1) is 13.9. The highest BCUT2D eigenvalue weighted by molar-refractivity contribution is 7.19. The first-order chi connectivity index (χ1) is 10.8. The van der Waals surface area contributed by atoms with Gasteiger partial charge in [0, 0.05) is 18.0 Å². The fourth-order valence-corrected chi connectivity index (χ4v) is 4.87. The van der Waals surface area contributed by atoms with Gasteiger partial charge in [0.25, 0.3) is 0 Å². The van der Waals surface area contributed by atoms with E-state index in [1.54, 1.807) is 6.33 Å². The van der Waals surface area contributed by atoms with E-state index in [4.69, 9.17) is 4.74 Å². The molecule has 4 rings (SSSR count). The van der Waals surface area contributed by atoms with Gasteiger partial charge in [0.2, 0.25) is 0 Å². The third kappa shape index (κ3) is 2.17. The van der Waals surface area contributed by atoms with E-state index in [2.05, 4.69) is 14.9 Å². The van der Waals surface area contributed by atoms with Crippen molar-refractivity contribution in [3.05, 3.63) is 16.8 Å². The highest BCUT2D eigenvalue weighted by Gasteiger charge is 2.29. The summed E-state index contributed by atoms with van der Waals surface area (Å²) in [6.45, 7) is 1.72. The summed E-state index contributed by atoms with van der Waals surface area (Å²) in [5, 5.41) is 1.26. The number of ether oxygens (including phenoxy) is 1. The molecular weight excluding hydrogens is 298 g/mol. The van der Waals surface area contributed by atoms with E-state index in [1.807, 2.05) is 11.3 Å². The molecule has 2 aliphatic rings. The number of carbonyl (C=O) groups excluding carboxylic acids is 1. The van der Waals surface area contributed by atoms with Crippen LogP contribution in [0.5, 0.6) is 0 Å². The predicted molar refractivity (Wildman–Crippen MR) is 86.4 cm³/mol. The van der Waals surface area contributed by atoms with Crippen LogP contribution in [0.4, 0.5) is 5.82 Å². The number of aryl methyl sites for hydroxylation is 2. The second-order valence-electron chi connectivity index (χ2n) is 6.02. The van der Waals surface area contributed by atoms with Crippen LogP contribution in [0, 0.1) is 5.92 Å². The Labute approximate surface area is 133 Å². The molecule has 0 radical (unpaired) electrons. The number of piperidine rings is 1. The number of hydrogen-bond acceptors (Lipinski definition) is 6. The van der Waals surface area contributed by atoms with Gasteiger partial charge in [0.1, 0.15) is 17.0 Å². The summed E-state index contributed by atoms with van der Waals surface area (Å²) in [5.41, 5.74) is 1.46. The molecule has 1 fully saturated rings. The molecule has 3 heterocycles. The Morgan fingerprint density at radius 1 is 1.32 bits per heavy atom. The number of methoxy groups -OCH3 is 1. The number of fused-ring (bicyclic) bond motifs is 3. The van der Waals surface area contributed by atoms with Crippen LogP contribution < -0.4 is 4.90 Å². The van der Waals surface area contributed by atoms with E-state index in [-0.39, 0.29) is 11.9 Å². The zero-order valence-corrected chi connectivity index (χ0v) is 13.5. The van der Waals surface area contributed by atoms with Crippen LogP contribution in [0.25, 0.3) is 10.2 Å². The molecule has 0 saturated carbocycles. The lowest BCUT2D eigenvalue weighted by Gasteiger charge is -2.32. The van der Waals surface area contributed by atoms with Gasteiger partial charge in [-0.15, -0.1) is 11.3 Å². The second kappa shape index (κ2) is 5.50. The average molecular weight is 317 g/mol. The standard InChI is InChI=1S/C16H19N3O2S/c1-21-16(20)10-5-7-19(8-6-10)14-13-11-3-2-4-12(11)22-15(13)18-9-17-14/h9-10H,2-8H2,1H3. The van der Waals surface area contributed by atoms with Crippen molar-refractivity contribution in [2.75, 3.05) is 25.1 Å². The SMILES string of the molecule is COC(=O)C1CCN(c2ncnc3sc4c(c23)CCC4)CC1. The highest BCUT2D eigenvalue weighted by atomic mass is 32.1. The lowest BCUT2D eigenvalue weighted by atomic mass is 9.97. The summed E-state index contributed by atoms with van der Waals surface area (Å²) >= 11 is 1.82. The lowest BCUT2D eigenvalue weighted by Crippen LogP contribution is -2.37. The Hall–Kier alpha value is -1.69. The molecule has 0 spiro atoms. The molecule has 1 aliphatic heterocycles. The van der Waals surface area contributed by atoms with Crippen molar-refractivity contribution in [1.82, 2.24) is 9.97 Å². The largest absolute Gasteiger partial charge is 0.469 e. The maximum absolute atomic E-state index is 11.7. The van der Waals surface area contributed by atoms with Gasteiger partial charge in [-0.2, -0.15) is 0 Å². The monoisotopic (exact) mass is 317 g/mol. The molecule has 0 unspecified atom stereocenters. The van der Waals surface area contributed by atoms with E-state index in [0.29, 0.717) is 0 Å². The number of anilines is 1. The van der Waals surface area contributed by atoms with Gasteiger partial charge in [-0.1, -0.05) is 0 Å². The van der Waals surface area contributed by atoms with Crippen molar-refractivity contribution in [2.24, 2.45) is 5.92 Å². The number of esters is 1. The predicted octanol–water partition coefficient (Wildman–Crippen LogP) is 2.57. The Morgan fingerprint density at radius 2 is 2.14 bits per heavy atom. The van der Waals surface area contributed by atoms with Crippen molar-refractivity contribution in [1.29, 1.82) is 0 Å². The summed E-state index contributed by atoms with van der Waals surface area (Å²) in [6, 6.07) is 0. The molecule has 0 atom stereocenters. The number of thiophene rings is 1. The fourth-order valence-electron chi connectivity index (χ4n) is 3.65. The van der Waals surface area contributed by atoms with Gasteiger partial charge in [0.05, 0.1) is 18.4 Å². The minimum absolute atomic E-state index is 0.0340. The molecule has 116 valence electrons. The van der Waals surface area contributed by atoms with Crippen molar-refractivity contribution < 1.29 is 9.53 Å². The van der Waals surface area contributed by atoms with Crippen LogP contribution in [0.2, 0.25) is 0 Å². The summed E-state index contributed by atoms with van der Waals surface area (Å²) < 4.78 is 4.87. The van der Waals surface area contributed by atoms with Gasteiger partial charge < -0.3 is 9.64 Å². The van der Waals surface area contributed by atoms with E-state index in [0.717, 1.165) is 43.0 Å². The van der Waals surface area contributed by atoms with Crippen molar-refractivity contribution in [2.45, 2.75) is 32.1 Å². The van der Waals surface area contributed by atoms with Crippen molar-refractivity contribution in [3.8, 4) is 0 Å². The number of rotatable bonds is 2. The summed E-state index contributed by atoms with van der Waals surface area (Å²) in [5.74, 6) is 1.02. The van der Waals surface area contributed by atoms with Gasteiger partial charge in [-0.25, -0.2) is 9.97 Å². The molecule has 0 amide bonds. The Kier molecular flexibility index (Phi) is 3.48. The molecule has 2 aromatic heterocycles. The van der Waals surface area contributed by atoms with Crippen LogP contribution in [-0.2, 0) is 22.4 Å². The number of aromatic nitrogens is 2. The first-order valence-corrected chi connectivity index (χ1v) is 8.67. The van der Waals surface area contributed by atoms with Gasteiger partial charge in [0.15, 0.2) is 0 Å². The molecule has 5 nitrogen and oxygen atoms in total. The fraction of sp³-hybridized carbons (Fsp3) is 0.562. The molecule has 2 aromatic rings. The molecular formula is C16H19N3O2S. The zero-order chi connectivity index (χ0) is 15.1. The van der Waals surface area contributed by atoms with E-state index >= 15 is 0 Å². The summed E-state index contributed by atoms with van der Waals surface area (Å²) in [6.07, 6.45) is 6.93. The maximum Gasteiger partial charge on any atom is 0.308 e. The molecule has 1 aliphatic carbocycles. The van der Waals surface area contributed by atoms with Crippen LogP contribution >= 0.6 is 11.3 Å². The van der Waals surface area contributed by atoms with Crippen LogP contribution in [-0.4, -0.2) is 36.1 Å². The molecule has 1 saturated heterocycles. The maximum atomic E-state index is 11.7. The van der Waals surface area contributed by atoms with Crippen molar-refractivity contribution >= 4 is 33.3 Å². The normalized spacial score (nSPS) is 18.7. The third-order valence-electron chi connectivity index (χ3n) is 4.81. The van der Waals surface area contributed by atoms with E-state index in [1.165, 1.54) is 35.8 Å². The minimum atomic E-state index is -0.0797. The molecule has 0 aromatic carbocycles. The Morgan fingerprint density at radius 3 is 2.91 bits per heavy atom. The number of hydrogen-bond donors (Lipinski definition) is 0. The van der Waals surface area contributed by atoms with Crippen molar-refractivity contribution in [3.63, 3.8) is 0 Å². The molecule has 22 heavy (non-hydrogen) atoms. The number of carbonyl (C=O) groups is 1. The zero-order valence-electron chi connectivity index (χ0n) is 12.7. The Balaban J connectivity index is 1.64. The molecule has 6 heteroatoms. The smallest absolute Gasteiger partial charge is 0.308 e. The van der Waals surface area contributed by atoms with E-state index < -0.39 is 0 Å². The van der Waals surface area contributed by atoms with Crippen LogP contribution in [0.15, 0.2) is 6.33 Å². The van der Waals surface area contributed by atoms with Gasteiger partial charge in [-0.3, -0.25) is 4.79 Å². The molecule has 0 N–H and O–H groups in total. The quantitative estimate of drug-likeness (QED) is 0.797. The Bertz CT molecular complexity index is 719. The van der Waals surface area contributed by atoms with Crippen LogP contribution in [0.3, 0.4) is 0 Å². The van der Waals surface area contributed by atoms with Gasteiger partial charge in [-0.05, 0) is 37.7 Å². The van der Waals surface area contributed by atoms with E-state index in [9.17, 15) is 4.79 Å². The first-order valence-electron chi connectivity index (χ1n) is 7.86. The van der Waals surface area contributed by atoms with Gasteiger partial charge >= 0.3 is 5.97 Å². The number of nitrogens with zero attached hydrogens (tertiary/aromatic N) is 3. The molecule has 0 bridgehead atoms. The van der Waals surface area contributed by atoms with Crippen LogP contribution in [0.1, 0.15) is 29.7 Å². The minimum Gasteiger partial charge on any atom is -0.469 e. The second-order valence-corrected chi connectivity index (χ2v) is 7.10. The third-order valence-corrected chi connectivity index (χ3v) is 6.01. The summed E-state index contributed by atoms with van der Waals surface area (Å²) in [4.78, 5) is 25.6.